The van der Waals surface area contributed by atoms with E-state index in [0.29, 0.717) is 12.2 Å². The number of hydrogen-bond donors (Lipinski definition) is 1. The summed E-state index contributed by atoms with van der Waals surface area (Å²) in [6.45, 7) is 4.74. The number of aryl methyl sites for hydroxylation is 3. The number of carbonyl (C=O) groups is 1. The molecule has 0 unspecified atom stereocenters. The van der Waals surface area contributed by atoms with E-state index in [0.717, 1.165) is 35.5 Å². The molecule has 25 heavy (non-hydrogen) atoms. The number of hydrogen-bond acceptors (Lipinski definition) is 5. The van der Waals surface area contributed by atoms with Crippen LogP contribution in [-0.4, -0.2) is 22.4 Å². The van der Waals surface area contributed by atoms with Gasteiger partial charge in [0.15, 0.2) is 0 Å². The Bertz CT molecular complexity index is 836. The van der Waals surface area contributed by atoms with Crippen molar-refractivity contribution in [3.05, 3.63) is 57.0 Å². The minimum Gasteiger partial charge on any atom is -0.351 e. The first-order chi connectivity index (χ1) is 12.1. The van der Waals surface area contributed by atoms with Crippen LogP contribution in [0, 0.1) is 13.8 Å². The molecule has 1 aromatic carbocycles. The second-order valence-electron chi connectivity index (χ2n) is 6.00. The van der Waals surface area contributed by atoms with Crippen molar-refractivity contribution in [3.8, 4) is 10.6 Å². The molecular formula is C19H21N3OS2. The van der Waals surface area contributed by atoms with E-state index in [1.165, 1.54) is 21.9 Å². The lowest BCUT2D eigenvalue weighted by Crippen LogP contribution is -2.24. The van der Waals surface area contributed by atoms with Crippen molar-refractivity contribution < 1.29 is 4.79 Å². The zero-order chi connectivity index (χ0) is 17.6. The maximum Gasteiger partial charge on any atom is 0.270 e. The van der Waals surface area contributed by atoms with Crippen molar-refractivity contribution >= 4 is 28.6 Å². The Labute approximate surface area is 156 Å². The second kappa shape index (κ2) is 8.36. The quantitative estimate of drug-likeness (QED) is 0.616. The molecule has 0 radical (unpaired) electrons. The predicted octanol–water partition coefficient (Wildman–Crippen LogP) is 4.64. The molecule has 2 heterocycles. The van der Waals surface area contributed by atoms with Gasteiger partial charge in [-0.25, -0.2) is 9.97 Å². The first-order valence-electron chi connectivity index (χ1n) is 8.33. The van der Waals surface area contributed by atoms with E-state index >= 15 is 0 Å². The number of rotatable bonds is 7. The Morgan fingerprint density at radius 1 is 1.04 bits per heavy atom. The Hall–Kier alpha value is -2.05. The Kier molecular flexibility index (Phi) is 5.94. The molecule has 1 amide bonds. The summed E-state index contributed by atoms with van der Waals surface area (Å²) in [4.78, 5) is 21.1. The minimum absolute atomic E-state index is 0.0975. The first-order valence-corrected chi connectivity index (χ1v) is 10.1. The van der Waals surface area contributed by atoms with Gasteiger partial charge in [-0.05, 0) is 33.1 Å². The number of amides is 1. The molecule has 0 aliphatic rings. The highest BCUT2D eigenvalue weighted by Crippen LogP contribution is 2.24. The van der Waals surface area contributed by atoms with Crippen LogP contribution in [0.5, 0.6) is 0 Å². The summed E-state index contributed by atoms with van der Waals surface area (Å²) in [7, 11) is 0. The summed E-state index contributed by atoms with van der Waals surface area (Å²) in [6.07, 6.45) is 2.95. The maximum absolute atomic E-state index is 12.2. The molecule has 1 N–H and O–H groups in total. The van der Waals surface area contributed by atoms with Crippen LogP contribution >= 0.6 is 22.7 Å². The van der Waals surface area contributed by atoms with Gasteiger partial charge in [0.05, 0.1) is 5.01 Å². The van der Waals surface area contributed by atoms with Crippen molar-refractivity contribution in [1.29, 1.82) is 0 Å². The minimum atomic E-state index is -0.0975. The molecule has 0 spiro atoms. The number of benzene rings is 1. The molecule has 0 aliphatic heterocycles. The number of carbonyl (C=O) groups excluding carboxylic acids is 1. The molecule has 0 fully saturated rings. The maximum atomic E-state index is 12.2. The number of unbranched alkanes of at least 4 members (excludes halogenated alkanes) is 1. The van der Waals surface area contributed by atoms with Crippen LogP contribution in [-0.2, 0) is 6.42 Å². The van der Waals surface area contributed by atoms with Crippen LogP contribution in [0.4, 0.5) is 0 Å². The van der Waals surface area contributed by atoms with Gasteiger partial charge in [0.1, 0.15) is 10.7 Å². The highest BCUT2D eigenvalue weighted by atomic mass is 32.1. The molecule has 6 heteroatoms. The lowest BCUT2D eigenvalue weighted by molar-refractivity contribution is 0.0949. The smallest absolute Gasteiger partial charge is 0.270 e. The third kappa shape index (κ3) is 4.96. The molecule has 2 aromatic heterocycles. The van der Waals surface area contributed by atoms with Gasteiger partial charge in [-0.2, -0.15) is 0 Å². The molecule has 0 atom stereocenters. The summed E-state index contributed by atoms with van der Waals surface area (Å²) in [5.41, 5.74) is 3.84. The standard InChI is InChI=1S/C19H21N3OS2/c1-13-6-8-15(9-7-13)19-22-16(12-25-19)18(23)20-10-4-3-5-17-21-14(2)11-24-17/h6-9,11-12H,3-5,10H2,1-2H3,(H,20,23). The SMILES string of the molecule is Cc1ccc(-c2nc(C(=O)NCCCCc3nc(C)cs3)cs2)cc1. The normalized spacial score (nSPS) is 10.8. The van der Waals surface area contributed by atoms with Crippen LogP contribution < -0.4 is 5.32 Å². The van der Waals surface area contributed by atoms with Crippen LogP contribution in [0.1, 0.15) is 39.6 Å². The van der Waals surface area contributed by atoms with Crippen molar-refractivity contribution in [3.63, 3.8) is 0 Å². The van der Waals surface area contributed by atoms with Gasteiger partial charge >= 0.3 is 0 Å². The van der Waals surface area contributed by atoms with Crippen molar-refractivity contribution in [2.45, 2.75) is 33.1 Å². The van der Waals surface area contributed by atoms with E-state index in [1.54, 1.807) is 11.3 Å². The predicted molar refractivity (Wildman–Crippen MR) is 104 cm³/mol. The van der Waals surface area contributed by atoms with Crippen molar-refractivity contribution in [1.82, 2.24) is 15.3 Å². The number of thiazole rings is 2. The second-order valence-corrected chi connectivity index (χ2v) is 7.80. The molecular weight excluding hydrogens is 350 g/mol. The highest BCUT2D eigenvalue weighted by molar-refractivity contribution is 7.13. The molecule has 3 aromatic rings. The number of aromatic nitrogens is 2. The van der Waals surface area contributed by atoms with Gasteiger partial charge in [0.25, 0.3) is 5.91 Å². The first kappa shape index (κ1) is 17.8. The van der Waals surface area contributed by atoms with E-state index in [-0.39, 0.29) is 5.91 Å². The van der Waals surface area contributed by atoms with Crippen molar-refractivity contribution in [2.24, 2.45) is 0 Å². The van der Waals surface area contributed by atoms with E-state index < -0.39 is 0 Å². The topological polar surface area (TPSA) is 54.9 Å². The third-order valence-corrected chi connectivity index (χ3v) is 5.72. The molecule has 0 bridgehead atoms. The van der Waals surface area contributed by atoms with Gasteiger partial charge in [0.2, 0.25) is 0 Å². The van der Waals surface area contributed by atoms with E-state index in [1.807, 2.05) is 24.4 Å². The fraction of sp³-hybridized carbons (Fsp3) is 0.316. The van der Waals surface area contributed by atoms with Gasteiger partial charge in [-0.1, -0.05) is 29.8 Å². The van der Waals surface area contributed by atoms with Gasteiger partial charge < -0.3 is 5.32 Å². The monoisotopic (exact) mass is 371 g/mol. The Morgan fingerprint density at radius 3 is 2.56 bits per heavy atom. The zero-order valence-corrected chi connectivity index (χ0v) is 16.0. The summed E-state index contributed by atoms with van der Waals surface area (Å²) in [5, 5.41) is 8.90. The summed E-state index contributed by atoms with van der Waals surface area (Å²) in [6, 6.07) is 8.19. The lowest BCUT2D eigenvalue weighted by atomic mass is 10.2. The van der Waals surface area contributed by atoms with E-state index in [4.69, 9.17) is 0 Å². The Morgan fingerprint density at radius 2 is 1.84 bits per heavy atom. The van der Waals surface area contributed by atoms with Crippen molar-refractivity contribution in [2.75, 3.05) is 6.54 Å². The molecule has 4 nitrogen and oxygen atoms in total. The fourth-order valence-corrected chi connectivity index (χ4v) is 4.04. The summed E-state index contributed by atoms with van der Waals surface area (Å²) < 4.78 is 0. The zero-order valence-electron chi connectivity index (χ0n) is 14.4. The van der Waals surface area contributed by atoms with Gasteiger partial charge in [0, 0.05) is 28.6 Å². The fourth-order valence-electron chi connectivity index (χ4n) is 2.42. The van der Waals surface area contributed by atoms with Gasteiger partial charge in [-0.15, -0.1) is 22.7 Å². The largest absolute Gasteiger partial charge is 0.351 e. The van der Waals surface area contributed by atoms with E-state index in [9.17, 15) is 4.79 Å². The summed E-state index contributed by atoms with van der Waals surface area (Å²) >= 11 is 3.21. The van der Waals surface area contributed by atoms with Gasteiger partial charge in [-0.3, -0.25) is 4.79 Å². The summed E-state index contributed by atoms with van der Waals surface area (Å²) in [5.74, 6) is -0.0975. The lowest BCUT2D eigenvalue weighted by Gasteiger charge is -2.02. The molecule has 0 saturated heterocycles. The number of nitrogens with one attached hydrogen (secondary N) is 1. The average Bonchev–Trinajstić information content (AvgIpc) is 3.24. The molecule has 0 aliphatic carbocycles. The third-order valence-electron chi connectivity index (χ3n) is 3.80. The molecule has 130 valence electrons. The average molecular weight is 372 g/mol. The molecule has 0 saturated carbocycles. The van der Waals surface area contributed by atoms with Crippen LogP contribution in [0.3, 0.4) is 0 Å². The van der Waals surface area contributed by atoms with Crippen LogP contribution in [0.2, 0.25) is 0 Å². The Balaban J connectivity index is 1.44. The molecule has 3 rings (SSSR count). The number of nitrogens with zero attached hydrogens (tertiary/aromatic N) is 2. The highest BCUT2D eigenvalue weighted by Gasteiger charge is 2.11. The van der Waals surface area contributed by atoms with Crippen LogP contribution in [0.25, 0.3) is 10.6 Å². The van der Waals surface area contributed by atoms with E-state index in [2.05, 4.69) is 39.7 Å². The van der Waals surface area contributed by atoms with Crippen LogP contribution in [0.15, 0.2) is 35.0 Å².